The van der Waals surface area contributed by atoms with Crippen LogP contribution in [0.1, 0.15) is 30.9 Å². The van der Waals surface area contributed by atoms with Gasteiger partial charge in [0, 0.05) is 11.4 Å². The van der Waals surface area contributed by atoms with E-state index in [-0.39, 0.29) is 5.91 Å². The van der Waals surface area contributed by atoms with Gasteiger partial charge in [-0.25, -0.2) is 0 Å². The zero-order chi connectivity index (χ0) is 18.5. The first-order chi connectivity index (χ1) is 12.5. The third-order valence-electron chi connectivity index (χ3n) is 4.02. The molecular weight excluding hydrogens is 370 g/mol. The molecule has 1 aliphatic heterocycles. The number of nitrogens with one attached hydrogen (secondary N) is 1. The molecule has 2 aromatic carbocycles. The van der Waals surface area contributed by atoms with E-state index in [1.54, 1.807) is 11.8 Å². The van der Waals surface area contributed by atoms with E-state index in [4.69, 9.17) is 21.1 Å². The van der Waals surface area contributed by atoms with Gasteiger partial charge in [0.1, 0.15) is 13.2 Å². The second-order valence-electron chi connectivity index (χ2n) is 6.38. The van der Waals surface area contributed by atoms with E-state index in [2.05, 4.69) is 19.2 Å². The van der Waals surface area contributed by atoms with E-state index in [1.165, 1.54) is 0 Å². The summed E-state index contributed by atoms with van der Waals surface area (Å²) in [6, 6.07) is 11.7. The summed E-state index contributed by atoms with van der Waals surface area (Å²) in [6.07, 6.45) is 0. The summed E-state index contributed by atoms with van der Waals surface area (Å²) in [6.45, 7) is 5.27. The van der Waals surface area contributed by atoms with E-state index in [9.17, 15) is 4.79 Å². The number of para-hydroxylation sites is 1. The predicted octanol–water partition coefficient (Wildman–Crippen LogP) is 5.11. The third kappa shape index (κ3) is 4.65. The molecule has 4 nitrogen and oxygen atoms in total. The fourth-order valence-electron chi connectivity index (χ4n) is 2.81. The molecule has 0 fully saturated rings. The van der Waals surface area contributed by atoms with Crippen molar-refractivity contribution in [3.05, 3.63) is 52.5 Å². The van der Waals surface area contributed by atoms with Gasteiger partial charge in [-0.1, -0.05) is 43.6 Å². The summed E-state index contributed by atoms with van der Waals surface area (Å²) in [4.78, 5) is 12.3. The molecule has 0 aliphatic carbocycles. The molecule has 0 atom stereocenters. The van der Waals surface area contributed by atoms with Crippen molar-refractivity contribution in [2.45, 2.75) is 25.5 Å². The number of hydrogen-bond donors (Lipinski definition) is 1. The minimum absolute atomic E-state index is 0.00765. The highest BCUT2D eigenvalue weighted by Gasteiger charge is 2.17. The maximum absolute atomic E-state index is 12.3. The smallest absolute Gasteiger partial charge is 0.234 e. The van der Waals surface area contributed by atoms with Crippen molar-refractivity contribution in [3.63, 3.8) is 0 Å². The van der Waals surface area contributed by atoms with Crippen LogP contribution < -0.4 is 14.8 Å². The molecule has 6 heteroatoms. The van der Waals surface area contributed by atoms with Crippen LogP contribution in [0.15, 0.2) is 36.4 Å². The summed E-state index contributed by atoms with van der Waals surface area (Å²) in [7, 11) is 0. The van der Waals surface area contributed by atoms with Crippen LogP contribution in [0.25, 0.3) is 0 Å². The Balaban J connectivity index is 1.55. The average Bonchev–Trinajstić information content (AvgIpc) is 2.62. The van der Waals surface area contributed by atoms with Gasteiger partial charge in [0.05, 0.1) is 10.8 Å². The van der Waals surface area contributed by atoms with Gasteiger partial charge in [-0.2, -0.15) is 0 Å². The number of halogens is 1. The molecule has 138 valence electrons. The van der Waals surface area contributed by atoms with E-state index >= 15 is 0 Å². The average molecular weight is 392 g/mol. The second-order valence-corrected chi connectivity index (χ2v) is 7.78. The van der Waals surface area contributed by atoms with Crippen LogP contribution in [0.5, 0.6) is 11.5 Å². The minimum atomic E-state index is -0.00765. The highest BCUT2D eigenvalue weighted by molar-refractivity contribution is 7.99. The Morgan fingerprint density at radius 3 is 2.81 bits per heavy atom. The topological polar surface area (TPSA) is 47.6 Å². The molecule has 0 aromatic heterocycles. The summed E-state index contributed by atoms with van der Waals surface area (Å²) >= 11 is 7.79. The molecule has 0 saturated heterocycles. The van der Waals surface area contributed by atoms with Crippen LogP contribution in [0.3, 0.4) is 0 Å². The minimum Gasteiger partial charge on any atom is -0.486 e. The van der Waals surface area contributed by atoms with Crippen LogP contribution in [-0.4, -0.2) is 24.9 Å². The predicted molar refractivity (Wildman–Crippen MR) is 108 cm³/mol. The van der Waals surface area contributed by atoms with Gasteiger partial charge in [-0.15, -0.1) is 11.8 Å². The third-order valence-corrected chi connectivity index (χ3v) is 5.30. The second kappa shape index (κ2) is 8.69. The zero-order valence-electron chi connectivity index (χ0n) is 14.9. The molecule has 1 aliphatic rings. The number of rotatable bonds is 6. The van der Waals surface area contributed by atoms with Crippen LogP contribution in [0, 0.1) is 0 Å². The fourth-order valence-corrected chi connectivity index (χ4v) is 3.86. The van der Waals surface area contributed by atoms with Crippen molar-refractivity contribution in [2.75, 3.05) is 24.3 Å². The van der Waals surface area contributed by atoms with E-state index in [0.717, 1.165) is 16.8 Å². The van der Waals surface area contributed by atoms with Crippen molar-refractivity contribution in [1.29, 1.82) is 0 Å². The van der Waals surface area contributed by atoms with Crippen LogP contribution in [-0.2, 0) is 10.5 Å². The first-order valence-electron chi connectivity index (χ1n) is 8.59. The van der Waals surface area contributed by atoms with Gasteiger partial charge in [-0.3, -0.25) is 4.79 Å². The van der Waals surface area contributed by atoms with Gasteiger partial charge in [-0.05, 0) is 35.2 Å². The number of carbonyl (C=O) groups excluding carboxylic acids is 1. The summed E-state index contributed by atoms with van der Waals surface area (Å²) in [5, 5.41) is 3.56. The molecule has 0 saturated carbocycles. The van der Waals surface area contributed by atoms with Crippen molar-refractivity contribution < 1.29 is 14.3 Å². The molecule has 2 aromatic rings. The van der Waals surface area contributed by atoms with Gasteiger partial charge in [0.2, 0.25) is 5.91 Å². The zero-order valence-corrected chi connectivity index (χ0v) is 16.5. The van der Waals surface area contributed by atoms with E-state index in [0.29, 0.717) is 47.2 Å². The number of ether oxygens (including phenoxy) is 2. The number of hydrogen-bond acceptors (Lipinski definition) is 4. The highest BCUT2D eigenvalue weighted by Crippen LogP contribution is 2.39. The van der Waals surface area contributed by atoms with Gasteiger partial charge >= 0.3 is 0 Å². The largest absolute Gasteiger partial charge is 0.486 e. The fraction of sp³-hybridized carbons (Fsp3) is 0.350. The normalized spacial score (nSPS) is 12.9. The molecule has 1 heterocycles. The standard InChI is InChI=1S/C20H22ClNO3S/c1-13(2)15-5-3-4-6-17(15)22-19(23)12-26-11-14-9-16(21)20-18(10-14)24-7-8-25-20/h3-6,9-10,13H,7-8,11-12H2,1-2H3,(H,22,23). The monoisotopic (exact) mass is 391 g/mol. The first-order valence-corrected chi connectivity index (χ1v) is 10.1. The number of benzene rings is 2. The van der Waals surface area contributed by atoms with Crippen molar-refractivity contribution in [2.24, 2.45) is 0 Å². The lowest BCUT2D eigenvalue weighted by atomic mass is 10.0. The SMILES string of the molecule is CC(C)c1ccccc1NC(=O)CSCc1cc(Cl)c2c(c1)OCCO2. The van der Waals surface area contributed by atoms with Gasteiger partial charge in [0.15, 0.2) is 11.5 Å². The summed E-state index contributed by atoms with van der Waals surface area (Å²) in [5.41, 5.74) is 3.04. The highest BCUT2D eigenvalue weighted by atomic mass is 35.5. The lowest BCUT2D eigenvalue weighted by Gasteiger charge is -2.20. The van der Waals surface area contributed by atoms with Gasteiger partial charge < -0.3 is 14.8 Å². The van der Waals surface area contributed by atoms with Crippen LogP contribution in [0.2, 0.25) is 5.02 Å². The lowest BCUT2D eigenvalue weighted by molar-refractivity contribution is -0.113. The van der Waals surface area contributed by atoms with Crippen molar-refractivity contribution in [3.8, 4) is 11.5 Å². The summed E-state index contributed by atoms with van der Waals surface area (Å²) < 4.78 is 11.1. The number of fused-ring (bicyclic) bond motifs is 1. The Labute approximate surface area is 163 Å². The molecule has 0 bridgehead atoms. The molecule has 3 rings (SSSR count). The van der Waals surface area contributed by atoms with Crippen molar-refractivity contribution >= 4 is 35.0 Å². The molecule has 0 spiro atoms. The first kappa shape index (κ1) is 18.9. The summed E-state index contributed by atoms with van der Waals surface area (Å²) in [5.74, 6) is 2.68. The Morgan fingerprint density at radius 2 is 2.00 bits per heavy atom. The van der Waals surface area contributed by atoms with E-state index < -0.39 is 0 Å². The van der Waals surface area contributed by atoms with Gasteiger partial charge in [0.25, 0.3) is 0 Å². The quantitative estimate of drug-likeness (QED) is 0.743. The Hall–Kier alpha value is -1.85. The Kier molecular flexibility index (Phi) is 6.33. The van der Waals surface area contributed by atoms with E-state index in [1.807, 2.05) is 36.4 Å². The molecule has 1 N–H and O–H groups in total. The molecule has 26 heavy (non-hydrogen) atoms. The van der Waals surface area contributed by atoms with Crippen LogP contribution >= 0.6 is 23.4 Å². The Morgan fingerprint density at radius 1 is 1.23 bits per heavy atom. The van der Waals surface area contributed by atoms with Crippen LogP contribution in [0.4, 0.5) is 5.69 Å². The number of anilines is 1. The molecule has 1 amide bonds. The number of amides is 1. The lowest BCUT2D eigenvalue weighted by Crippen LogP contribution is -2.16. The van der Waals surface area contributed by atoms with Crippen molar-refractivity contribution in [1.82, 2.24) is 0 Å². The number of thioether (sulfide) groups is 1. The Bertz CT molecular complexity index is 795. The maximum Gasteiger partial charge on any atom is 0.234 e. The number of carbonyl (C=O) groups is 1. The molecule has 0 radical (unpaired) electrons. The maximum atomic E-state index is 12.3. The molecular formula is C20H22ClNO3S. The molecule has 0 unspecified atom stereocenters.